The molecule has 0 saturated heterocycles. The molecule has 6 nitrogen and oxygen atoms in total. The molecule has 1 heterocycles. The van der Waals surface area contributed by atoms with Gasteiger partial charge in [0.05, 0.1) is 17.7 Å². The molecule has 0 aliphatic carbocycles. The standard InChI is InChI=1S/C22H23NO5/c1-5-27-20(25)18-13-23(21(26)28-22(2,3)4)19-12-15(8-11-17(18)19)14-6-9-16(24)10-7-14/h6-13,24H,5H2,1-4H3. The fourth-order valence-electron chi connectivity index (χ4n) is 2.89. The summed E-state index contributed by atoms with van der Waals surface area (Å²) >= 11 is 0. The van der Waals surface area contributed by atoms with E-state index in [0.717, 1.165) is 11.1 Å². The normalized spacial score (nSPS) is 11.4. The molecular formula is C22H23NO5. The highest BCUT2D eigenvalue weighted by atomic mass is 16.6. The zero-order valence-electron chi connectivity index (χ0n) is 16.4. The van der Waals surface area contributed by atoms with Crippen molar-refractivity contribution < 1.29 is 24.2 Å². The highest BCUT2D eigenvalue weighted by molar-refractivity contribution is 6.07. The van der Waals surface area contributed by atoms with Gasteiger partial charge in [-0.25, -0.2) is 9.59 Å². The molecule has 2 aromatic carbocycles. The Bertz CT molecular complexity index is 1030. The van der Waals surface area contributed by atoms with Gasteiger partial charge in [-0.3, -0.25) is 4.57 Å². The van der Waals surface area contributed by atoms with Gasteiger partial charge in [-0.1, -0.05) is 24.3 Å². The number of phenols is 1. The van der Waals surface area contributed by atoms with Gasteiger partial charge in [-0.15, -0.1) is 0 Å². The molecular weight excluding hydrogens is 358 g/mol. The highest BCUT2D eigenvalue weighted by Gasteiger charge is 2.23. The van der Waals surface area contributed by atoms with Crippen LogP contribution in [0.15, 0.2) is 48.7 Å². The van der Waals surface area contributed by atoms with Crippen LogP contribution in [0.2, 0.25) is 0 Å². The van der Waals surface area contributed by atoms with Crippen molar-refractivity contribution in [3.8, 4) is 16.9 Å². The lowest BCUT2D eigenvalue weighted by atomic mass is 10.0. The molecule has 0 bridgehead atoms. The monoisotopic (exact) mass is 381 g/mol. The van der Waals surface area contributed by atoms with Gasteiger partial charge in [-0.05, 0) is 57.0 Å². The Morgan fingerprint density at radius 2 is 1.68 bits per heavy atom. The van der Waals surface area contributed by atoms with Crippen molar-refractivity contribution in [2.45, 2.75) is 33.3 Å². The Hall–Kier alpha value is -3.28. The van der Waals surface area contributed by atoms with Crippen LogP contribution in [0.4, 0.5) is 4.79 Å². The minimum absolute atomic E-state index is 0.173. The smallest absolute Gasteiger partial charge is 0.419 e. The van der Waals surface area contributed by atoms with Crippen molar-refractivity contribution in [1.82, 2.24) is 4.57 Å². The number of aromatic hydroxyl groups is 1. The van der Waals surface area contributed by atoms with Gasteiger partial charge in [0, 0.05) is 11.6 Å². The van der Waals surface area contributed by atoms with Crippen molar-refractivity contribution >= 4 is 23.0 Å². The van der Waals surface area contributed by atoms with Crippen LogP contribution >= 0.6 is 0 Å². The summed E-state index contributed by atoms with van der Waals surface area (Å²) in [7, 11) is 0. The van der Waals surface area contributed by atoms with E-state index in [4.69, 9.17) is 9.47 Å². The highest BCUT2D eigenvalue weighted by Crippen LogP contribution is 2.30. The summed E-state index contributed by atoms with van der Waals surface area (Å²) < 4.78 is 11.9. The molecule has 3 rings (SSSR count). The zero-order valence-corrected chi connectivity index (χ0v) is 16.4. The van der Waals surface area contributed by atoms with E-state index in [0.29, 0.717) is 16.5 Å². The van der Waals surface area contributed by atoms with Crippen molar-refractivity contribution in [3.05, 3.63) is 54.2 Å². The largest absolute Gasteiger partial charge is 0.508 e. The molecule has 0 saturated carbocycles. The summed E-state index contributed by atoms with van der Waals surface area (Å²) in [5, 5.41) is 10.1. The van der Waals surface area contributed by atoms with Crippen LogP contribution in [0.3, 0.4) is 0 Å². The first-order valence-electron chi connectivity index (χ1n) is 9.04. The van der Waals surface area contributed by atoms with Crippen molar-refractivity contribution in [3.63, 3.8) is 0 Å². The van der Waals surface area contributed by atoms with E-state index in [1.54, 1.807) is 58.0 Å². The number of fused-ring (bicyclic) bond motifs is 1. The number of nitrogens with zero attached hydrogens (tertiary/aromatic N) is 1. The quantitative estimate of drug-likeness (QED) is 0.648. The van der Waals surface area contributed by atoms with Crippen molar-refractivity contribution in [1.29, 1.82) is 0 Å². The second kappa shape index (κ2) is 7.38. The molecule has 28 heavy (non-hydrogen) atoms. The number of aromatic nitrogens is 1. The maximum absolute atomic E-state index is 12.7. The fraction of sp³-hybridized carbons (Fsp3) is 0.273. The molecule has 0 aliphatic heterocycles. The van der Waals surface area contributed by atoms with E-state index < -0.39 is 17.7 Å². The molecule has 1 N–H and O–H groups in total. The number of carbonyl (C=O) groups excluding carboxylic acids is 2. The number of carbonyl (C=O) groups is 2. The third-order valence-electron chi connectivity index (χ3n) is 4.09. The summed E-state index contributed by atoms with van der Waals surface area (Å²) in [5.41, 5.74) is 1.88. The summed E-state index contributed by atoms with van der Waals surface area (Å²) in [4.78, 5) is 25.1. The van der Waals surface area contributed by atoms with E-state index in [1.807, 2.05) is 12.1 Å². The van der Waals surface area contributed by atoms with Crippen LogP contribution in [0.1, 0.15) is 38.1 Å². The molecule has 1 aromatic heterocycles. The Labute approximate surface area is 163 Å². The van der Waals surface area contributed by atoms with Gasteiger partial charge >= 0.3 is 12.1 Å². The third-order valence-corrected chi connectivity index (χ3v) is 4.09. The fourth-order valence-corrected chi connectivity index (χ4v) is 2.89. The number of hydrogen-bond donors (Lipinski definition) is 1. The lowest BCUT2D eigenvalue weighted by Gasteiger charge is -2.19. The minimum Gasteiger partial charge on any atom is -0.508 e. The molecule has 3 aromatic rings. The first-order valence-corrected chi connectivity index (χ1v) is 9.04. The average molecular weight is 381 g/mol. The van der Waals surface area contributed by atoms with Crippen LogP contribution in [-0.2, 0) is 9.47 Å². The minimum atomic E-state index is -0.674. The van der Waals surface area contributed by atoms with Crippen LogP contribution in [0.25, 0.3) is 22.0 Å². The zero-order chi connectivity index (χ0) is 20.5. The average Bonchev–Trinajstić information content (AvgIpc) is 3.00. The number of benzene rings is 2. The molecule has 6 heteroatoms. The Kier molecular flexibility index (Phi) is 5.14. The Morgan fingerprint density at radius 3 is 2.29 bits per heavy atom. The number of rotatable bonds is 3. The van der Waals surface area contributed by atoms with E-state index in [9.17, 15) is 14.7 Å². The maximum atomic E-state index is 12.7. The van der Waals surface area contributed by atoms with E-state index in [1.165, 1.54) is 10.8 Å². The third kappa shape index (κ3) is 4.01. The van der Waals surface area contributed by atoms with Crippen LogP contribution in [-0.4, -0.2) is 33.9 Å². The van der Waals surface area contributed by atoms with Gasteiger partial charge in [-0.2, -0.15) is 0 Å². The molecule has 0 aliphatic rings. The summed E-state index contributed by atoms with van der Waals surface area (Å²) in [6.07, 6.45) is 0.882. The summed E-state index contributed by atoms with van der Waals surface area (Å²) in [6.45, 7) is 7.32. The van der Waals surface area contributed by atoms with E-state index >= 15 is 0 Å². The molecule has 0 unspecified atom stereocenters. The lowest BCUT2D eigenvalue weighted by molar-refractivity contribution is 0.0527. The second-order valence-corrected chi connectivity index (χ2v) is 7.39. The second-order valence-electron chi connectivity index (χ2n) is 7.39. The van der Waals surface area contributed by atoms with Crippen LogP contribution in [0, 0.1) is 0 Å². The van der Waals surface area contributed by atoms with Gasteiger partial charge in [0.1, 0.15) is 11.4 Å². The van der Waals surface area contributed by atoms with Gasteiger partial charge in [0.25, 0.3) is 0 Å². The summed E-state index contributed by atoms with van der Waals surface area (Å²) in [6, 6.07) is 12.2. The van der Waals surface area contributed by atoms with Crippen molar-refractivity contribution in [2.24, 2.45) is 0 Å². The van der Waals surface area contributed by atoms with Gasteiger partial charge in [0.15, 0.2) is 0 Å². The molecule has 0 atom stereocenters. The van der Waals surface area contributed by atoms with E-state index in [-0.39, 0.29) is 12.4 Å². The predicted octanol–water partition coefficient (Wildman–Crippen LogP) is 4.97. The number of ether oxygens (including phenoxy) is 2. The van der Waals surface area contributed by atoms with Crippen LogP contribution in [0.5, 0.6) is 5.75 Å². The maximum Gasteiger partial charge on any atom is 0.419 e. The SMILES string of the molecule is CCOC(=O)c1cn(C(=O)OC(C)(C)C)c2cc(-c3ccc(O)cc3)ccc12. The molecule has 146 valence electrons. The molecule has 0 fully saturated rings. The number of phenolic OH excluding ortho intramolecular Hbond substituents is 1. The number of hydrogen-bond acceptors (Lipinski definition) is 5. The number of esters is 1. The molecule has 0 amide bonds. The van der Waals surface area contributed by atoms with Gasteiger partial charge < -0.3 is 14.6 Å². The first-order chi connectivity index (χ1) is 13.2. The topological polar surface area (TPSA) is 77.8 Å². The first kappa shape index (κ1) is 19.5. The summed E-state index contributed by atoms with van der Waals surface area (Å²) in [5.74, 6) is -0.321. The Balaban J connectivity index is 2.16. The van der Waals surface area contributed by atoms with E-state index in [2.05, 4.69) is 0 Å². The lowest BCUT2D eigenvalue weighted by Crippen LogP contribution is -2.26. The predicted molar refractivity (Wildman–Crippen MR) is 107 cm³/mol. The van der Waals surface area contributed by atoms with Crippen LogP contribution < -0.4 is 0 Å². The molecule has 0 radical (unpaired) electrons. The van der Waals surface area contributed by atoms with Crippen molar-refractivity contribution in [2.75, 3.05) is 6.61 Å². The molecule has 0 spiro atoms. The Morgan fingerprint density at radius 1 is 1.04 bits per heavy atom. The van der Waals surface area contributed by atoms with Gasteiger partial charge in [0.2, 0.25) is 0 Å².